The van der Waals surface area contributed by atoms with Crippen LogP contribution in [0, 0.1) is 13.8 Å². The van der Waals surface area contributed by atoms with Crippen molar-refractivity contribution in [2.24, 2.45) is 0 Å². The summed E-state index contributed by atoms with van der Waals surface area (Å²) in [5, 5.41) is 3.30. The second-order valence-electron chi connectivity index (χ2n) is 5.30. The molecule has 1 aromatic rings. The van der Waals surface area contributed by atoms with Gasteiger partial charge in [0.05, 0.1) is 6.61 Å². The smallest absolute Gasteiger partial charge is 0.327 e. The molecule has 1 rings (SSSR count). The van der Waals surface area contributed by atoms with Gasteiger partial charge < -0.3 is 9.64 Å². The zero-order valence-electron chi connectivity index (χ0n) is 13.2. The van der Waals surface area contributed by atoms with E-state index in [2.05, 4.69) is 23.2 Å². The van der Waals surface area contributed by atoms with E-state index in [0.717, 1.165) is 24.2 Å². The number of esters is 1. The minimum Gasteiger partial charge on any atom is -0.465 e. The quantitative estimate of drug-likeness (QED) is 0.775. The second-order valence-corrected chi connectivity index (χ2v) is 5.30. The van der Waals surface area contributed by atoms with Crippen LogP contribution in [0.2, 0.25) is 0 Å². The number of nitrogens with zero attached hydrogens (tertiary/aromatic N) is 1. The number of carbonyl (C=O) groups is 1. The number of nitrogens with one attached hydrogen (secondary N) is 1. The SMILES string of the molecule is CCOC(=O)C(NCCN(C)C)c1ccc(C)cc1C. The standard InChI is InChI=1S/C16H26N2O2/c1-6-20-16(19)15(17-9-10-18(4)5)14-8-7-12(2)11-13(14)3/h7-8,11,15,17H,6,9-10H2,1-5H3. The van der Waals surface area contributed by atoms with Crippen molar-refractivity contribution in [3.05, 3.63) is 34.9 Å². The van der Waals surface area contributed by atoms with Crippen LogP contribution in [-0.2, 0) is 9.53 Å². The molecule has 1 aromatic carbocycles. The first-order valence-corrected chi connectivity index (χ1v) is 7.07. The van der Waals surface area contributed by atoms with Gasteiger partial charge in [-0.05, 0) is 46.0 Å². The minimum atomic E-state index is -0.393. The summed E-state index contributed by atoms with van der Waals surface area (Å²) in [6.45, 7) is 7.93. The third-order valence-corrected chi connectivity index (χ3v) is 3.17. The Kier molecular flexibility index (Phi) is 6.68. The van der Waals surface area contributed by atoms with Gasteiger partial charge in [0.1, 0.15) is 6.04 Å². The normalized spacial score (nSPS) is 12.5. The van der Waals surface area contributed by atoms with Gasteiger partial charge in [0, 0.05) is 13.1 Å². The monoisotopic (exact) mass is 278 g/mol. The maximum absolute atomic E-state index is 12.2. The zero-order valence-corrected chi connectivity index (χ0v) is 13.2. The highest BCUT2D eigenvalue weighted by atomic mass is 16.5. The molecule has 4 heteroatoms. The van der Waals surface area contributed by atoms with E-state index >= 15 is 0 Å². The summed E-state index contributed by atoms with van der Waals surface area (Å²) < 4.78 is 5.19. The van der Waals surface area contributed by atoms with Crippen molar-refractivity contribution in [3.63, 3.8) is 0 Å². The van der Waals surface area contributed by atoms with Gasteiger partial charge in [0.25, 0.3) is 0 Å². The first-order valence-electron chi connectivity index (χ1n) is 7.07. The average Bonchev–Trinajstić information content (AvgIpc) is 2.35. The summed E-state index contributed by atoms with van der Waals surface area (Å²) in [7, 11) is 4.02. The Labute approximate surface area is 122 Å². The van der Waals surface area contributed by atoms with Crippen molar-refractivity contribution in [3.8, 4) is 0 Å². The number of carbonyl (C=O) groups excluding carboxylic acids is 1. The highest BCUT2D eigenvalue weighted by molar-refractivity contribution is 5.78. The maximum atomic E-state index is 12.2. The van der Waals surface area contributed by atoms with Crippen LogP contribution in [0.1, 0.15) is 29.7 Å². The fourth-order valence-corrected chi connectivity index (χ4v) is 2.13. The molecule has 0 spiro atoms. The lowest BCUT2D eigenvalue weighted by Gasteiger charge is -2.21. The lowest BCUT2D eigenvalue weighted by molar-refractivity contribution is -0.145. The summed E-state index contributed by atoms with van der Waals surface area (Å²) >= 11 is 0. The van der Waals surface area contributed by atoms with Crippen molar-refractivity contribution >= 4 is 5.97 Å². The molecule has 0 aliphatic carbocycles. The van der Waals surface area contributed by atoms with Crippen molar-refractivity contribution in [2.45, 2.75) is 26.8 Å². The third-order valence-electron chi connectivity index (χ3n) is 3.17. The van der Waals surface area contributed by atoms with Crippen molar-refractivity contribution in [1.29, 1.82) is 0 Å². The Morgan fingerprint density at radius 2 is 2.05 bits per heavy atom. The molecule has 0 saturated carbocycles. The molecule has 0 saturated heterocycles. The van der Waals surface area contributed by atoms with Gasteiger partial charge in [-0.3, -0.25) is 5.32 Å². The predicted octanol–water partition coefficient (Wildman–Crippen LogP) is 2.06. The van der Waals surface area contributed by atoms with Gasteiger partial charge in [-0.25, -0.2) is 4.79 Å². The summed E-state index contributed by atoms with van der Waals surface area (Å²) in [5.41, 5.74) is 3.30. The Bertz CT molecular complexity index is 444. The van der Waals surface area contributed by atoms with E-state index in [4.69, 9.17) is 4.74 Å². The van der Waals surface area contributed by atoms with E-state index < -0.39 is 6.04 Å². The largest absolute Gasteiger partial charge is 0.465 e. The highest BCUT2D eigenvalue weighted by Gasteiger charge is 2.22. The topological polar surface area (TPSA) is 41.6 Å². The first-order chi connectivity index (χ1) is 9.45. The summed E-state index contributed by atoms with van der Waals surface area (Å²) in [5.74, 6) is -0.210. The molecule has 0 fully saturated rings. The summed E-state index contributed by atoms with van der Waals surface area (Å²) in [6, 6.07) is 5.74. The van der Waals surface area contributed by atoms with Gasteiger partial charge in [-0.2, -0.15) is 0 Å². The van der Waals surface area contributed by atoms with Crippen LogP contribution in [0.3, 0.4) is 0 Å². The van der Waals surface area contributed by atoms with Crippen LogP contribution in [-0.4, -0.2) is 44.7 Å². The third kappa shape index (κ3) is 4.94. The van der Waals surface area contributed by atoms with Crippen LogP contribution in [0.15, 0.2) is 18.2 Å². The molecule has 20 heavy (non-hydrogen) atoms. The molecular formula is C16H26N2O2. The Morgan fingerprint density at radius 1 is 1.35 bits per heavy atom. The number of hydrogen-bond donors (Lipinski definition) is 1. The molecule has 1 N–H and O–H groups in total. The van der Waals surface area contributed by atoms with Gasteiger partial charge in [0.15, 0.2) is 0 Å². The van der Waals surface area contributed by atoms with Gasteiger partial charge in [-0.1, -0.05) is 23.8 Å². The molecule has 0 radical (unpaired) electrons. The Balaban J connectivity index is 2.88. The van der Waals surface area contributed by atoms with Crippen LogP contribution in [0.5, 0.6) is 0 Å². The Morgan fingerprint density at radius 3 is 2.60 bits per heavy atom. The number of aryl methyl sites for hydroxylation is 2. The number of hydrogen-bond acceptors (Lipinski definition) is 4. The van der Waals surface area contributed by atoms with Crippen LogP contribution >= 0.6 is 0 Å². The summed E-state index contributed by atoms with van der Waals surface area (Å²) in [4.78, 5) is 14.2. The lowest BCUT2D eigenvalue weighted by Crippen LogP contribution is -2.35. The molecule has 0 bridgehead atoms. The van der Waals surface area contributed by atoms with E-state index in [1.54, 1.807) is 0 Å². The summed E-state index contributed by atoms with van der Waals surface area (Å²) in [6.07, 6.45) is 0. The number of likely N-dealkylation sites (N-methyl/N-ethyl adjacent to an activating group) is 1. The van der Waals surface area contributed by atoms with Crippen molar-refractivity contribution in [2.75, 3.05) is 33.8 Å². The molecule has 0 amide bonds. The molecule has 0 aliphatic heterocycles. The van der Waals surface area contributed by atoms with Gasteiger partial charge in [0.2, 0.25) is 0 Å². The molecule has 112 valence electrons. The molecule has 4 nitrogen and oxygen atoms in total. The zero-order chi connectivity index (χ0) is 15.1. The fourth-order valence-electron chi connectivity index (χ4n) is 2.13. The molecule has 1 atom stereocenters. The second kappa shape index (κ2) is 8.02. The highest BCUT2D eigenvalue weighted by Crippen LogP contribution is 2.20. The molecule has 0 aromatic heterocycles. The minimum absolute atomic E-state index is 0.210. The van der Waals surface area contributed by atoms with E-state index in [1.807, 2.05) is 40.1 Å². The van der Waals surface area contributed by atoms with E-state index in [-0.39, 0.29) is 5.97 Å². The fraction of sp³-hybridized carbons (Fsp3) is 0.562. The number of rotatable bonds is 7. The predicted molar refractivity (Wildman–Crippen MR) is 81.8 cm³/mol. The van der Waals surface area contributed by atoms with Crippen molar-refractivity contribution in [1.82, 2.24) is 10.2 Å². The van der Waals surface area contributed by atoms with E-state index in [0.29, 0.717) is 6.61 Å². The van der Waals surface area contributed by atoms with Crippen LogP contribution < -0.4 is 5.32 Å². The Hall–Kier alpha value is -1.39. The molecular weight excluding hydrogens is 252 g/mol. The molecule has 0 aliphatic rings. The van der Waals surface area contributed by atoms with Gasteiger partial charge in [-0.15, -0.1) is 0 Å². The average molecular weight is 278 g/mol. The van der Waals surface area contributed by atoms with Gasteiger partial charge >= 0.3 is 5.97 Å². The number of benzene rings is 1. The molecule has 0 heterocycles. The van der Waals surface area contributed by atoms with Crippen molar-refractivity contribution < 1.29 is 9.53 Å². The first kappa shape index (κ1) is 16.7. The molecule has 1 unspecified atom stereocenters. The lowest BCUT2D eigenvalue weighted by atomic mass is 9.99. The van der Waals surface area contributed by atoms with E-state index in [9.17, 15) is 4.79 Å². The van der Waals surface area contributed by atoms with Crippen LogP contribution in [0.4, 0.5) is 0 Å². The maximum Gasteiger partial charge on any atom is 0.327 e. The van der Waals surface area contributed by atoms with E-state index in [1.165, 1.54) is 5.56 Å². The number of ether oxygens (including phenoxy) is 1. The van der Waals surface area contributed by atoms with Crippen LogP contribution in [0.25, 0.3) is 0 Å².